The average molecular weight is 745 g/mol. The fourth-order valence-electron chi connectivity index (χ4n) is 8.91. The van der Waals surface area contributed by atoms with Gasteiger partial charge in [-0.15, -0.1) is 0 Å². The van der Waals surface area contributed by atoms with Crippen LogP contribution in [-0.4, -0.2) is 29.5 Å². The van der Waals surface area contributed by atoms with Crippen LogP contribution in [0.15, 0.2) is 183 Å². The highest BCUT2D eigenvalue weighted by atomic mass is 15.0. The third-order valence-electron chi connectivity index (χ3n) is 11.6. The zero-order valence-corrected chi connectivity index (χ0v) is 32.0. The summed E-state index contributed by atoms with van der Waals surface area (Å²) >= 11 is 0. The molecule has 0 spiro atoms. The number of aromatic nitrogens is 6. The van der Waals surface area contributed by atoms with Gasteiger partial charge in [0.1, 0.15) is 0 Å². The zero-order chi connectivity index (χ0) is 38.8. The molecule has 1 aliphatic rings. The molecule has 4 heterocycles. The largest absolute Gasteiger partial charge is 0.307 e. The van der Waals surface area contributed by atoms with Crippen molar-refractivity contribution in [3.63, 3.8) is 0 Å². The van der Waals surface area contributed by atoms with E-state index in [0.717, 1.165) is 50.1 Å². The molecule has 6 heteroatoms. The van der Waals surface area contributed by atoms with Crippen molar-refractivity contribution in [1.82, 2.24) is 29.5 Å². The molecule has 0 fully saturated rings. The molecule has 4 aromatic heterocycles. The van der Waals surface area contributed by atoms with Gasteiger partial charge in [-0.2, -0.15) is 0 Å². The van der Waals surface area contributed by atoms with Crippen LogP contribution in [-0.2, 0) is 5.41 Å². The van der Waals surface area contributed by atoms with Crippen LogP contribution in [0.2, 0.25) is 0 Å². The minimum atomic E-state index is -0.160. The molecule has 0 bridgehead atoms. The highest BCUT2D eigenvalue weighted by Gasteiger charge is 2.38. The first-order valence-electron chi connectivity index (χ1n) is 19.6. The van der Waals surface area contributed by atoms with E-state index in [0.29, 0.717) is 17.5 Å². The lowest BCUT2D eigenvalue weighted by Crippen LogP contribution is -2.14. The van der Waals surface area contributed by atoms with E-state index in [1.807, 2.05) is 24.3 Å². The number of hydrogen-bond donors (Lipinski definition) is 0. The van der Waals surface area contributed by atoms with Gasteiger partial charge in [0.05, 0.1) is 16.7 Å². The Morgan fingerprint density at radius 1 is 0.431 bits per heavy atom. The lowest BCUT2D eigenvalue weighted by Gasteiger charge is -2.23. The van der Waals surface area contributed by atoms with Gasteiger partial charge in [-0.25, -0.2) is 15.0 Å². The predicted molar refractivity (Wildman–Crippen MR) is 234 cm³/mol. The van der Waals surface area contributed by atoms with Gasteiger partial charge in [-0.1, -0.05) is 129 Å². The second-order valence-corrected chi connectivity index (χ2v) is 15.3. The van der Waals surface area contributed by atoms with Crippen molar-refractivity contribution in [3.05, 3.63) is 194 Å². The first-order valence-corrected chi connectivity index (χ1v) is 19.6. The number of fused-ring (bicyclic) bond motifs is 7. The number of nitrogens with zero attached hydrogens (tertiary/aromatic N) is 6. The summed E-state index contributed by atoms with van der Waals surface area (Å²) in [6.07, 6.45) is 7.10. The van der Waals surface area contributed by atoms with Gasteiger partial charge in [0.25, 0.3) is 0 Å². The molecule has 0 atom stereocenters. The van der Waals surface area contributed by atoms with Crippen molar-refractivity contribution >= 4 is 21.8 Å². The Kier molecular flexibility index (Phi) is 7.73. The Morgan fingerprint density at radius 3 is 1.57 bits per heavy atom. The van der Waals surface area contributed by atoms with Crippen LogP contribution in [0.4, 0.5) is 0 Å². The molecule has 1 aliphatic carbocycles. The Labute approximate surface area is 336 Å². The summed E-state index contributed by atoms with van der Waals surface area (Å²) in [5.41, 5.74) is 15.3. The normalized spacial score (nSPS) is 12.8. The predicted octanol–water partition coefficient (Wildman–Crippen LogP) is 12.4. The summed E-state index contributed by atoms with van der Waals surface area (Å²) in [4.78, 5) is 24.1. The van der Waals surface area contributed by atoms with E-state index >= 15 is 0 Å². The van der Waals surface area contributed by atoms with Crippen molar-refractivity contribution in [2.45, 2.75) is 19.3 Å². The quantitative estimate of drug-likeness (QED) is 0.170. The lowest BCUT2D eigenvalue weighted by molar-refractivity contribution is 0.661. The lowest BCUT2D eigenvalue weighted by atomic mass is 9.82. The second-order valence-electron chi connectivity index (χ2n) is 15.3. The molecule has 274 valence electrons. The maximum Gasteiger partial charge on any atom is 0.165 e. The molecule has 0 aliphatic heterocycles. The van der Waals surface area contributed by atoms with Crippen LogP contribution in [0.1, 0.15) is 25.0 Å². The highest BCUT2D eigenvalue weighted by molar-refractivity contribution is 6.16. The van der Waals surface area contributed by atoms with Crippen LogP contribution < -0.4 is 0 Å². The van der Waals surface area contributed by atoms with Crippen LogP contribution in [0.5, 0.6) is 0 Å². The van der Waals surface area contributed by atoms with Gasteiger partial charge in [0.2, 0.25) is 0 Å². The number of rotatable bonds is 6. The van der Waals surface area contributed by atoms with Gasteiger partial charge >= 0.3 is 0 Å². The van der Waals surface area contributed by atoms with Crippen molar-refractivity contribution in [3.8, 4) is 73.2 Å². The van der Waals surface area contributed by atoms with E-state index in [1.165, 1.54) is 38.5 Å². The standard InChI is InChI=1S/C52H36N6/c1-52(2)43-23-11-9-22-40(43)46-44(52)26-25-39-38-21-10-12-24-45(38)58(48(39)46)47-41(33-15-5-3-6-16-33)29-37(30-42(47)34-17-7-4-8-18-34)51-56-49(35-19-13-27-53-31-35)55-50(57-51)36-20-14-28-54-32-36/h3-32H,1-2H3. The summed E-state index contributed by atoms with van der Waals surface area (Å²) in [6, 6.07) is 56.1. The van der Waals surface area contributed by atoms with E-state index in [2.05, 4.69) is 162 Å². The number of para-hydroxylation sites is 1. The molecule has 0 radical (unpaired) electrons. The van der Waals surface area contributed by atoms with E-state index in [1.54, 1.807) is 24.8 Å². The molecule has 11 rings (SSSR count). The maximum atomic E-state index is 5.16. The van der Waals surface area contributed by atoms with E-state index < -0.39 is 0 Å². The number of hydrogen-bond acceptors (Lipinski definition) is 5. The van der Waals surface area contributed by atoms with Crippen molar-refractivity contribution in [2.75, 3.05) is 0 Å². The Hall–Kier alpha value is -7.57. The van der Waals surface area contributed by atoms with Gasteiger partial charge in [-0.05, 0) is 70.3 Å². The van der Waals surface area contributed by atoms with E-state index in [4.69, 9.17) is 15.0 Å². The third kappa shape index (κ3) is 5.30. The topological polar surface area (TPSA) is 69.4 Å². The first-order chi connectivity index (χ1) is 28.5. The van der Waals surface area contributed by atoms with Gasteiger partial charge in [-0.3, -0.25) is 9.97 Å². The molecule has 6 nitrogen and oxygen atoms in total. The molecule has 0 saturated carbocycles. The summed E-state index contributed by atoms with van der Waals surface area (Å²) in [5.74, 6) is 1.65. The van der Waals surface area contributed by atoms with Crippen LogP contribution >= 0.6 is 0 Å². The van der Waals surface area contributed by atoms with Gasteiger partial charge in [0, 0.05) is 74.4 Å². The molecule has 0 N–H and O–H groups in total. The second kappa shape index (κ2) is 13.3. The van der Waals surface area contributed by atoms with Crippen molar-refractivity contribution in [2.24, 2.45) is 0 Å². The molecule has 58 heavy (non-hydrogen) atoms. The number of pyridine rings is 2. The summed E-state index contributed by atoms with van der Waals surface area (Å²) in [6.45, 7) is 4.70. The Balaban J connectivity index is 1.29. The molecule has 6 aromatic carbocycles. The SMILES string of the molecule is CC1(C)c2ccccc2-c2c1ccc1c3ccccc3n(-c3c(-c4ccccc4)cc(-c4nc(-c5cccnc5)nc(-c5cccnc5)n4)cc3-c3ccccc3)c21. The Bertz CT molecular complexity index is 3060. The third-order valence-corrected chi connectivity index (χ3v) is 11.6. The summed E-state index contributed by atoms with van der Waals surface area (Å²) in [5, 5.41) is 2.44. The van der Waals surface area contributed by atoms with Gasteiger partial charge in [0.15, 0.2) is 17.5 Å². The smallest absolute Gasteiger partial charge is 0.165 e. The molecule has 0 unspecified atom stereocenters. The average Bonchev–Trinajstić information content (AvgIpc) is 3.75. The minimum Gasteiger partial charge on any atom is -0.307 e. The Morgan fingerprint density at radius 2 is 0.966 bits per heavy atom. The fraction of sp³-hybridized carbons (Fsp3) is 0.0577. The van der Waals surface area contributed by atoms with E-state index in [-0.39, 0.29) is 5.41 Å². The summed E-state index contributed by atoms with van der Waals surface area (Å²) < 4.78 is 2.53. The maximum absolute atomic E-state index is 5.16. The first kappa shape index (κ1) is 33.7. The monoisotopic (exact) mass is 744 g/mol. The van der Waals surface area contributed by atoms with Crippen LogP contribution in [0, 0.1) is 0 Å². The molecule has 0 amide bonds. The summed E-state index contributed by atoms with van der Waals surface area (Å²) in [7, 11) is 0. The van der Waals surface area contributed by atoms with Crippen LogP contribution in [0.25, 0.3) is 95.0 Å². The minimum absolute atomic E-state index is 0.160. The highest BCUT2D eigenvalue weighted by Crippen LogP contribution is 2.54. The van der Waals surface area contributed by atoms with Crippen LogP contribution in [0.3, 0.4) is 0 Å². The van der Waals surface area contributed by atoms with E-state index in [9.17, 15) is 0 Å². The van der Waals surface area contributed by atoms with Crippen molar-refractivity contribution in [1.29, 1.82) is 0 Å². The molecular formula is C52H36N6. The fourth-order valence-corrected chi connectivity index (χ4v) is 8.91. The van der Waals surface area contributed by atoms with Gasteiger partial charge < -0.3 is 4.57 Å². The zero-order valence-electron chi connectivity index (χ0n) is 32.0. The molecule has 10 aromatic rings. The van der Waals surface area contributed by atoms with Crippen molar-refractivity contribution < 1.29 is 0 Å². The molecule has 0 saturated heterocycles. The molecular weight excluding hydrogens is 709 g/mol. The number of benzene rings is 6.